The lowest BCUT2D eigenvalue weighted by Crippen LogP contribution is -2.47. The number of benzene rings is 2. The Labute approximate surface area is 187 Å². The molecule has 31 heavy (non-hydrogen) atoms. The van der Waals surface area contributed by atoms with Gasteiger partial charge >= 0.3 is 0 Å². The molecule has 2 heterocycles. The molecule has 0 radical (unpaired) electrons. The molecule has 1 fully saturated rings. The van der Waals surface area contributed by atoms with E-state index in [9.17, 15) is 5.11 Å². The van der Waals surface area contributed by atoms with Gasteiger partial charge in [-0.2, -0.15) is 0 Å². The van der Waals surface area contributed by atoms with Crippen molar-refractivity contribution in [2.75, 3.05) is 25.4 Å². The minimum absolute atomic E-state index is 0.0840. The summed E-state index contributed by atoms with van der Waals surface area (Å²) in [5.74, 6) is 0.417. The quantitative estimate of drug-likeness (QED) is 0.602. The van der Waals surface area contributed by atoms with E-state index in [2.05, 4.69) is 34.1 Å². The number of nitrogens with zero attached hydrogens (tertiary/aromatic N) is 2. The van der Waals surface area contributed by atoms with Gasteiger partial charge in [0.2, 0.25) is 0 Å². The van der Waals surface area contributed by atoms with E-state index >= 15 is 0 Å². The number of aliphatic hydroxyl groups is 1. The molecule has 1 saturated heterocycles. The van der Waals surface area contributed by atoms with Gasteiger partial charge in [0.05, 0.1) is 5.60 Å². The number of anilines is 1. The fraction of sp³-hybridized carbons (Fsp3) is 0.346. The molecule has 2 aliphatic carbocycles. The Bertz CT molecular complexity index is 1100. The highest BCUT2D eigenvalue weighted by Gasteiger charge is 2.53. The van der Waals surface area contributed by atoms with Crippen LogP contribution in [-0.2, 0) is 11.0 Å². The predicted octanol–water partition coefficient (Wildman–Crippen LogP) is 4.44. The number of nitrogen functional groups attached to an aromatic ring is 1. The third kappa shape index (κ3) is 2.85. The second-order valence-corrected chi connectivity index (χ2v) is 9.90. The normalized spacial score (nSPS) is 25.9. The summed E-state index contributed by atoms with van der Waals surface area (Å²) in [5.41, 5.74) is 12.6. The Morgan fingerprint density at radius 3 is 2.55 bits per heavy atom. The smallest absolute Gasteiger partial charge is 0.0935 e. The van der Waals surface area contributed by atoms with Crippen LogP contribution in [0.5, 0.6) is 0 Å². The number of hydrogen-bond acceptors (Lipinski definition) is 4. The van der Waals surface area contributed by atoms with E-state index < -0.39 is 5.60 Å². The third-order valence-electron chi connectivity index (χ3n) is 7.80. The van der Waals surface area contributed by atoms with Crippen molar-refractivity contribution in [2.45, 2.75) is 36.2 Å². The Balaban J connectivity index is 1.33. The van der Waals surface area contributed by atoms with Gasteiger partial charge in [-0.25, -0.2) is 0 Å². The molecule has 4 nitrogen and oxygen atoms in total. The monoisotopic (exact) mass is 431 g/mol. The predicted molar refractivity (Wildman–Crippen MR) is 123 cm³/mol. The number of rotatable bonds is 3. The lowest BCUT2D eigenvalue weighted by atomic mass is 9.74. The summed E-state index contributed by atoms with van der Waals surface area (Å²) < 4.78 is 0. The zero-order chi connectivity index (χ0) is 21.2. The van der Waals surface area contributed by atoms with Gasteiger partial charge in [-0.15, -0.1) is 0 Å². The molecule has 6 rings (SSSR count). The van der Waals surface area contributed by atoms with Crippen molar-refractivity contribution >= 4 is 17.3 Å². The number of pyridine rings is 1. The Hall–Kier alpha value is -2.40. The summed E-state index contributed by atoms with van der Waals surface area (Å²) >= 11 is 6.45. The fourth-order valence-corrected chi connectivity index (χ4v) is 6.44. The average Bonchev–Trinajstić information content (AvgIpc) is 3.27. The van der Waals surface area contributed by atoms with Gasteiger partial charge in [0.1, 0.15) is 0 Å². The molecule has 3 aliphatic rings. The van der Waals surface area contributed by atoms with Gasteiger partial charge in [-0.1, -0.05) is 29.8 Å². The SMILES string of the molecule is Nc1ccc2c(c1)C1(CN3CCC(O)(c4cccnc4)CC3)CC2c2ccc(Cl)cc21. The first-order chi connectivity index (χ1) is 15.0. The lowest BCUT2D eigenvalue weighted by molar-refractivity contribution is -0.0291. The van der Waals surface area contributed by atoms with Crippen molar-refractivity contribution in [3.05, 3.63) is 93.8 Å². The van der Waals surface area contributed by atoms with Gasteiger partial charge < -0.3 is 15.7 Å². The van der Waals surface area contributed by atoms with Gasteiger partial charge in [0, 0.05) is 59.6 Å². The van der Waals surface area contributed by atoms with E-state index in [0.29, 0.717) is 18.8 Å². The number of fused-ring (bicyclic) bond motifs is 8. The molecule has 5 heteroatoms. The van der Waals surface area contributed by atoms with Crippen LogP contribution in [0.1, 0.15) is 53.0 Å². The van der Waals surface area contributed by atoms with Gasteiger partial charge in [0.25, 0.3) is 0 Å². The first-order valence-electron chi connectivity index (χ1n) is 11.0. The molecule has 0 saturated carbocycles. The molecule has 0 amide bonds. The lowest BCUT2D eigenvalue weighted by Gasteiger charge is -2.42. The van der Waals surface area contributed by atoms with Crippen LogP contribution in [0.2, 0.25) is 5.02 Å². The molecule has 2 bridgehead atoms. The van der Waals surface area contributed by atoms with Crippen molar-refractivity contribution in [3.8, 4) is 0 Å². The first kappa shape index (κ1) is 19.3. The van der Waals surface area contributed by atoms with Crippen LogP contribution in [0.3, 0.4) is 0 Å². The van der Waals surface area contributed by atoms with E-state index in [-0.39, 0.29) is 5.41 Å². The molecule has 3 aromatic rings. The molecular formula is C26H26ClN3O. The summed E-state index contributed by atoms with van der Waals surface area (Å²) in [6.07, 6.45) is 6.05. The van der Waals surface area contributed by atoms with E-state index in [1.165, 1.54) is 22.3 Å². The second-order valence-electron chi connectivity index (χ2n) is 9.47. The molecule has 1 aliphatic heterocycles. The average molecular weight is 432 g/mol. The molecule has 158 valence electrons. The number of nitrogens with two attached hydrogens (primary N) is 1. The van der Waals surface area contributed by atoms with Gasteiger partial charge in [0.15, 0.2) is 0 Å². The van der Waals surface area contributed by atoms with Crippen molar-refractivity contribution in [3.63, 3.8) is 0 Å². The Morgan fingerprint density at radius 1 is 1.06 bits per heavy atom. The number of piperidine rings is 1. The molecule has 2 aromatic carbocycles. The summed E-state index contributed by atoms with van der Waals surface area (Å²) in [7, 11) is 0. The maximum Gasteiger partial charge on any atom is 0.0935 e. The third-order valence-corrected chi connectivity index (χ3v) is 8.04. The van der Waals surface area contributed by atoms with Crippen LogP contribution in [0.4, 0.5) is 5.69 Å². The van der Waals surface area contributed by atoms with Crippen LogP contribution in [-0.4, -0.2) is 34.6 Å². The number of hydrogen-bond donors (Lipinski definition) is 2. The summed E-state index contributed by atoms with van der Waals surface area (Å²) in [6.45, 7) is 2.63. The van der Waals surface area contributed by atoms with E-state index in [4.69, 9.17) is 17.3 Å². The topological polar surface area (TPSA) is 62.4 Å². The summed E-state index contributed by atoms with van der Waals surface area (Å²) in [5, 5.41) is 12.0. The van der Waals surface area contributed by atoms with Gasteiger partial charge in [-0.3, -0.25) is 4.98 Å². The van der Waals surface area contributed by atoms with Crippen LogP contribution >= 0.6 is 11.6 Å². The fourth-order valence-electron chi connectivity index (χ4n) is 6.26. The second kappa shape index (κ2) is 6.80. The van der Waals surface area contributed by atoms with Crippen LogP contribution in [0.25, 0.3) is 0 Å². The van der Waals surface area contributed by atoms with Crippen LogP contribution in [0.15, 0.2) is 60.9 Å². The maximum atomic E-state index is 11.2. The highest BCUT2D eigenvalue weighted by Crippen LogP contribution is 2.61. The summed E-state index contributed by atoms with van der Waals surface area (Å²) in [6, 6.07) is 16.7. The molecule has 2 unspecified atom stereocenters. The van der Waals surface area contributed by atoms with Gasteiger partial charge in [-0.05, 0) is 71.8 Å². The van der Waals surface area contributed by atoms with Crippen molar-refractivity contribution in [1.29, 1.82) is 0 Å². The zero-order valence-electron chi connectivity index (χ0n) is 17.4. The highest BCUT2D eigenvalue weighted by molar-refractivity contribution is 6.30. The molecule has 0 spiro atoms. The first-order valence-corrected chi connectivity index (χ1v) is 11.4. The minimum atomic E-state index is -0.792. The molecule has 2 atom stereocenters. The minimum Gasteiger partial charge on any atom is -0.399 e. The van der Waals surface area contributed by atoms with Crippen LogP contribution in [0, 0.1) is 0 Å². The standard InChI is InChI=1S/C26H26ClN3O/c27-18-3-5-20-22-14-25(23(20)12-18,24-13-19(28)4-6-21(22)24)16-30-10-7-26(31,8-11-30)17-2-1-9-29-15-17/h1-6,9,12-13,15,22,31H,7-8,10-11,14,16,28H2. The number of aromatic nitrogens is 1. The van der Waals surface area contributed by atoms with Crippen molar-refractivity contribution < 1.29 is 5.11 Å². The molecular weight excluding hydrogens is 406 g/mol. The van der Waals surface area contributed by atoms with E-state index in [1.54, 1.807) is 12.4 Å². The Morgan fingerprint density at radius 2 is 1.81 bits per heavy atom. The molecule has 3 N–H and O–H groups in total. The highest BCUT2D eigenvalue weighted by atomic mass is 35.5. The van der Waals surface area contributed by atoms with Crippen LogP contribution < -0.4 is 5.73 Å². The van der Waals surface area contributed by atoms with Crippen molar-refractivity contribution in [1.82, 2.24) is 9.88 Å². The van der Waals surface area contributed by atoms with E-state index in [1.807, 2.05) is 24.3 Å². The maximum absolute atomic E-state index is 11.2. The summed E-state index contributed by atoms with van der Waals surface area (Å²) in [4.78, 5) is 6.72. The number of likely N-dealkylation sites (tertiary alicyclic amines) is 1. The Kier molecular flexibility index (Phi) is 4.23. The largest absolute Gasteiger partial charge is 0.399 e. The van der Waals surface area contributed by atoms with Crippen molar-refractivity contribution in [2.24, 2.45) is 0 Å². The number of halogens is 1. The van der Waals surface area contributed by atoms with E-state index in [0.717, 1.165) is 42.3 Å². The molecule has 1 aromatic heterocycles. The zero-order valence-corrected chi connectivity index (χ0v) is 18.1.